The van der Waals surface area contributed by atoms with Crippen LogP contribution in [0.3, 0.4) is 0 Å². The van der Waals surface area contributed by atoms with Crippen LogP contribution in [0.15, 0.2) is 41.4 Å². The Morgan fingerprint density at radius 2 is 1.92 bits per heavy atom. The summed E-state index contributed by atoms with van der Waals surface area (Å²) >= 11 is 12.4. The van der Waals surface area contributed by atoms with E-state index in [0.29, 0.717) is 21.5 Å². The molecule has 1 N–H and O–H groups in total. The highest BCUT2D eigenvalue weighted by atomic mass is 35.5. The van der Waals surface area contributed by atoms with Crippen molar-refractivity contribution in [3.63, 3.8) is 0 Å². The first-order valence-corrected chi connectivity index (χ1v) is 8.47. The lowest BCUT2D eigenvalue weighted by molar-refractivity contribution is 0.284. The van der Waals surface area contributed by atoms with Gasteiger partial charge < -0.3 is 14.8 Å². The van der Waals surface area contributed by atoms with Crippen molar-refractivity contribution < 1.29 is 9.47 Å². The van der Waals surface area contributed by atoms with Crippen molar-refractivity contribution in [2.24, 2.45) is 4.99 Å². The topological polar surface area (TPSA) is 42.8 Å². The van der Waals surface area contributed by atoms with Gasteiger partial charge in [0.1, 0.15) is 12.4 Å². The molecule has 0 aliphatic carbocycles. The fraction of sp³-hybridized carbons (Fsp3) is 0.278. The van der Waals surface area contributed by atoms with Crippen LogP contribution in [-0.2, 0) is 6.61 Å². The minimum atomic E-state index is 0.271. The SMILES string of the molecule is COc1cc(C2=NCCCN2)ccc1OCc1c(Cl)cccc1Cl. The Balaban J connectivity index is 1.79. The largest absolute Gasteiger partial charge is 0.493 e. The van der Waals surface area contributed by atoms with Gasteiger partial charge in [-0.15, -0.1) is 0 Å². The lowest BCUT2D eigenvalue weighted by Gasteiger charge is -2.17. The zero-order valence-corrected chi connectivity index (χ0v) is 14.8. The van der Waals surface area contributed by atoms with Gasteiger partial charge in [0.25, 0.3) is 0 Å². The van der Waals surface area contributed by atoms with Crippen molar-refractivity contribution in [1.82, 2.24) is 5.32 Å². The Morgan fingerprint density at radius 1 is 1.12 bits per heavy atom. The first-order chi connectivity index (χ1) is 11.7. The minimum Gasteiger partial charge on any atom is -0.493 e. The number of methoxy groups -OCH3 is 1. The predicted octanol–water partition coefficient (Wildman–Crippen LogP) is 4.32. The third kappa shape index (κ3) is 3.77. The molecule has 24 heavy (non-hydrogen) atoms. The van der Waals surface area contributed by atoms with E-state index in [1.165, 1.54) is 0 Å². The number of benzene rings is 2. The van der Waals surface area contributed by atoms with E-state index in [0.717, 1.165) is 36.5 Å². The van der Waals surface area contributed by atoms with Gasteiger partial charge in [0.2, 0.25) is 0 Å². The molecule has 1 aliphatic heterocycles. The van der Waals surface area contributed by atoms with Crippen molar-refractivity contribution in [3.8, 4) is 11.5 Å². The van der Waals surface area contributed by atoms with E-state index in [4.69, 9.17) is 32.7 Å². The summed E-state index contributed by atoms with van der Waals surface area (Å²) in [5.74, 6) is 2.17. The highest BCUT2D eigenvalue weighted by Crippen LogP contribution is 2.31. The summed E-state index contributed by atoms with van der Waals surface area (Å²) in [6, 6.07) is 11.1. The number of halogens is 2. The summed E-state index contributed by atoms with van der Waals surface area (Å²) in [5.41, 5.74) is 1.74. The average Bonchev–Trinajstić information content (AvgIpc) is 2.62. The molecular formula is C18H18Cl2N2O2. The molecule has 0 unspecified atom stereocenters. The third-order valence-corrected chi connectivity index (χ3v) is 4.48. The van der Waals surface area contributed by atoms with Crippen LogP contribution in [0.1, 0.15) is 17.5 Å². The van der Waals surface area contributed by atoms with Crippen LogP contribution in [0.4, 0.5) is 0 Å². The molecule has 0 bridgehead atoms. The Kier molecular flexibility index (Phi) is 5.48. The lowest BCUT2D eigenvalue weighted by atomic mass is 10.1. The number of aliphatic imine (C=N–C) groups is 1. The van der Waals surface area contributed by atoms with Crippen molar-refractivity contribution in [2.45, 2.75) is 13.0 Å². The van der Waals surface area contributed by atoms with E-state index in [1.54, 1.807) is 25.3 Å². The molecule has 0 fully saturated rings. The van der Waals surface area contributed by atoms with E-state index < -0.39 is 0 Å². The fourth-order valence-corrected chi connectivity index (χ4v) is 2.99. The number of hydrogen-bond acceptors (Lipinski definition) is 4. The van der Waals surface area contributed by atoms with Gasteiger partial charge in [-0.1, -0.05) is 29.3 Å². The molecule has 1 aliphatic rings. The second-order valence-electron chi connectivity index (χ2n) is 5.37. The van der Waals surface area contributed by atoms with E-state index in [1.807, 2.05) is 18.2 Å². The van der Waals surface area contributed by atoms with Gasteiger partial charge in [-0.25, -0.2) is 0 Å². The van der Waals surface area contributed by atoms with Crippen LogP contribution in [-0.4, -0.2) is 26.0 Å². The Bertz CT molecular complexity index is 742. The van der Waals surface area contributed by atoms with Gasteiger partial charge in [-0.05, 0) is 36.8 Å². The molecule has 2 aromatic rings. The summed E-state index contributed by atoms with van der Waals surface area (Å²) in [7, 11) is 1.62. The van der Waals surface area contributed by atoms with Gasteiger partial charge in [-0.3, -0.25) is 4.99 Å². The normalized spacial score (nSPS) is 13.9. The number of nitrogens with one attached hydrogen (secondary N) is 1. The zero-order valence-electron chi connectivity index (χ0n) is 13.3. The van der Waals surface area contributed by atoms with E-state index in [2.05, 4.69) is 10.3 Å². The molecule has 4 nitrogen and oxygen atoms in total. The molecule has 3 rings (SSSR count). The summed E-state index contributed by atoms with van der Waals surface area (Å²) in [5, 5.41) is 4.46. The molecule has 0 atom stereocenters. The quantitative estimate of drug-likeness (QED) is 0.858. The Hall–Kier alpha value is -1.91. The molecular weight excluding hydrogens is 347 g/mol. The highest BCUT2D eigenvalue weighted by Gasteiger charge is 2.13. The number of nitrogens with zero attached hydrogens (tertiary/aromatic N) is 1. The van der Waals surface area contributed by atoms with Crippen LogP contribution in [0.5, 0.6) is 11.5 Å². The molecule has 0 radical (unpaired) electrons. The molecule has 126 valence electrons. The average molecular weight is 365 g/mol. The van der Waals surface area contributed by atoms with E-state index >= 15 is 0 Å². The van der Waals surface area contributed by atoms with Crippen molar-refractivity contribution >= 4 is 29.0 Å². The standard InChI is InChI=1S/C18H18Cl2N2O2/c1-23-17-10-12(18-21-8-3-9-22-18)6-7-16(17)24-11-13-14(19)4-2-5-15(13)20/h2,4-7,10H,3,8-9,11H2,1H3,(H,21,22). The molecule has 0 amide bonds. The fourth-order valence-electron chi connectivity index (χ4n) is 2.48. The number of amidine groups is 1. The van der Waals surface area contributed by atoms with Gasteiger partial charge in [-0.2, -0.15) is 0 Å². The Labute approximate surface area is 151 Å². The molecule has 6 heteroatoms. The van der Waals surface area contributed by atoms with Crippen molar-refractivity contribution in [1.29, 1.82) is 0 Å². The molecule has 0 saturated heterocycles. The van der Waals surface area contributed by atoms with E-state index in [-0.39, 0.29) is 6.61 Å². The monoisotopic (exact) mass is 364 g/mol. The van der Waals surface area contributed by atoms with Gasteiger partial charge in [0.05, 0.1) is 7.11 Å². The summed E-state index contributed by atoms with van der Waals surface area (Å²) in [6.45, 7) is 2.05. The first-order valence-electron chi connectivity index (χ1n) is 7.71. The molecule has 0 saturated carbocycles. The molecule has 0 spiro atoms. The summed E-state index contributed by atoms with van der Waals surface area (Å²) in [4.78, 5) is 4.50. The maximum Gasteiger partial charge on any atom is 0.161 e. The number of rotatable bonds is 5. The molecule has 1 heterocycles. The van der Waals surface area contributed by atoms with Gasteiger partial charge in [0.15, 0.2) is 11.5 Å². The van der Waals surface area contributed by atoms with Crippen LogP contribution < -0.4 is 14.8 Å². The molecule has 0 aromatic heterocycles. The second-order valence-corrected chi connectivity index (χ2v) is 6.18. The first kappa shape index (κ1) is 16.9. The smallest absolute Gasteiger partial charge is 0.161 e. The van der Waals surface area contributed by atoms with Crippen molar-refractivity contribution in [3.05, 3.63) is 57.6 Å². The highest BCUT2D eigenvalue weighted by molar-refractivity contribution is 6.35. The Morgan fingerprint density at radius 3 is 2.58 bits per heavy atom. The molecule has 2 aromatic carbocycles. The summed E-state index contributed by atoms with van der Waals surface area (Å²) in [6.07, 6.45) is 1.06. The predicted molar refractivity (Wildman–Crippen MR) is 97.8 cm³/mol. The van der Waals surface area contributed by atoms with E-state index in [9.17, 15) is 0 Å². The lowest BCUT2D eigenvalue weighted by Crippen LogP contribution is -2.30. The maximum atomic E-state index is 6.18. The van der Waals surface area contributed by atoms with Crippen LogP contribution in [0.2, 0.25) is 10.0 Å². The zero-order chi connectivity index (χ0) is 16.9. The number of ether oxygens (including phenoxy) is 2. The van der Waals surface area contributed by atoms with Crippen molar-refractivity contribution in [2.75, 3.05) is 20.2 Å². The second kappa shape index (κ2) is 7.77. The van der Waals surface area contributed by atoms with Gasteiger partial charge >= 0.3 is 0 Å². The third-order valence-electron chi connectivity index (χ3n) is 3.77. The van der Waals surface area contributed by atoms with Crippen LogP contribution in [0, 0.1) is 0 Å². The number of hydrogen-bond donors (Lipinski definition) is 1. The van der Waals surface area contributed by atoms with Gasteiger partial charge in [0, 0.05) is 34.3 Å². The maximum absolute atomic E-state index is 6.18. The minimum absolute atomic E-state index is 0.271. The van der Waals surface area contributed by atoms with Crippen LogP contribution in [0.25, 0.3) is 0 Å². The van der Waals surface area contributed by atoms with Crippen LogP contribution >= 0.6 is 23.2 Å². The summed E-state index contributed by atoms with van der Waals surface area (Å²) < 4.78 is 11.3.